The minimum Gasteiger partial charge on any atom is -0.495 e. The van der Waals surface area contributed by atoms with Crippen LogP contribution in [0.4, 0.5) is 5.69 Å². The molecule has 5 heteroatoms. The Morgan fingerprint density at radius 2 is 1.68 bits per heavy atom. The first-order valence-electron chi connectivity index (χ1n) is 11.1. The molecule has 3 aromatic carbocycles. The smallest absolute Gasteiger partial charge is 0.255 e. The predicted molar refractivity (Wildman–Crippen MR) is 124 cm³/mol. The Hall–Kier alpha value is -3.05. The van der Waals surface area contributed by atoms with Crippen molar-refractivity contribution >= 4 is 22.4 Å². The number of carbonyl (C=O) groups excluding carboxylic acids is 1. The van der Waals surface area contributed by atoms with E-state index < -0.39 is 0 Å². The molecular formula is C26H29N3O2. The lowest BCUT2D eigenvalue weighted by molar-refractivity contribution is 0.0825. The number of nitrogen functional groups attached to an aromatic ring is 1. The van der Waals surface area contributed by atoms with Crippen molar-refractivity contribution < 1.29 is 9.53 Å². The zero-order valence-electron chi connectivity index (χ0n) is 17.9. The van der Waals surface area contributed by atoms with Gasteiger partial charge in [-0.1, -0.05) is 54.6 Å². The molecule has 0 spiro atoms. The second kappa shape index (κ2) is 8.23. The quantitative estimate of drug-likeness (QED) is 0.608. The molecule has 0 saturated carbocycles. The molecule has 0 aromatic heterocycles. The molecule has 2 heterocycles. The molecule has 2 aliphatic heterocycles. The zero-order valence-corrected chi connectivity index (χ0v) is 17.9. The number of piperidine rings is 1. The molecule has 2 bridgehead atoms. The lowest BCUT2D eigenvalue weighted by Gasteiger charge is -2.39. The van der Waals surface area contributed by atoms with Crippen LogP contribution in [0.2, 0.25) is 0 Å². The normalized spacial score (nSPS) is 23.1. The molecule has 3 atom stereocenters. The fraction of sp³-hybridized carbons (Fsp3) is 0.346. The first-order chi connectivity index (χ1) is 15.1. The van der Waals surface area contributed by atoms with E-state index in [0.29, 0.717) is 29.1 Å². The Bertz CT molecular complexity index is 1080. The van der Waals surface area contributed by atoms with Crippen LogP contribution in [0.25, 0.3) is 10.8 Å². The van der Waals surface area contributed by atoms with Crippen molar-refractivity contribution in [3.05, 3.63) is 71.8 Å². The number of ether oxygens (including phenoxy) is 1. The van der Waals surface area contributed by atoms with Crippen LogP contribution in [0, 0.1) is 0 Å². The average molecular weight is 416 g/mol. The number of methoxy groups -OCH3 is 1. The predicted octanol–water partition coefficient (Wildman–Crippen LogP) is 4.36. The van der Waals surface area contributed by atoms with Gasteiger partial charge in [0.05, 0.1) is 12.7 Å². The third-order valence-corrected chi connectivity index (χ3v) is 6.90. The number of benzene rings is 3. The average Bonchev–Trinajstić information content (AvgIpc) is 3.02. The van der Waals surface area contributed by atoms with Crippen molar-refractivity contribution in [1.82, 2.24) is 10.2 Å². The maximum absolute atomic E-state index is 13.2. The van der Waals surface area contributed by atoms with Crippen LogP contribution in [0.15, 0.2) is 60.7 Å². The van der Waals surface area contributed by atoms with E-state index in [2.05, 4.69) is 40.5 Å². The van der Waals surface area contributed by atoms with Crippen LogP contribution in [0.3, 0.4) is 0 Å². The molecule has 3 aromatic rings. The van der Waals surface area contributed by atoms with Crippen molar-refractivity contribution in [3.63, 3.8) is 0 Å². The van der Waals surface area contributed by atoms with Crippen LogP contribution in [-0.2, 0) is 6.54 Å². The molecule has 0 unspecified atom stereocenters. The summed E-state index contributed by atoms with van der Waals surface area (Å²) in [5.41, 5.74) is 8.72. The minimum absolute atomic E-state index is 0.102. The van der Waals surface area contributed by atoms with E-state index in [1.54, 1.807) is 13.2 Å². The van der Waals surface area contributed by atoms with Gasteiger partial charge in [0.15, 0.2) is 0 Å². The Balaban J connectivity index is 1.32. The summed E-state index contributed by atoms with van der Waals surface area (Å²) >= 11 is 0. The highest BCUT2D eigenvalue weighted by molar-refractivity contribution is 6.08. The fourth-order valence-electron chi connectivity index (χ4n) is 5.47. The van der Waals surface area contributed by atoms with E-state index in [4.69, 9.17) is 10.5 Å². The third-order valence-electron chi connectivity index (χ3n) is 6.90. The number of nitrogens with zero attached hydrogens (tertiary/aromatic N) is 1. The molecule has 3 N–H and O–H groups in total. The van der Waals surface area contributed by atoms with E-state index in [-0.39, 0.29) is 11.9 Å². The summed E-state index contributed by atoms with van der Waals surface area (Å²) in [5.74, 6) is 0.488. The summed E-state index contributed by atoms with van der Waals surface area (Å²) in [7, 11) is 1.61. The number of hydrogen-bond donors (Lipinski definition) is 2. The molecule has 0 radical (unpaired) electrons. The highest BCUT2D eigenvalue weighted by Gasteiger charge is 2.41. The second-order valence-electron chi connectivity index (χ2n) is 8.78. The molecule has 2 saturated heterocycles. The maximum Gasteiger partial charge on any atom is 0.255 e. The lowest BCUT2D eigenvalue weighted by Crippen LogP contribution is -2.50. The molecule has 160 valence electrons. The van der Waals surface area contributed by atoms with Gasteiger partial charge in [0.2, 0.25) is 0 Å². The Labute approximate surface area is 183 Å². The van der Waals surface area contributed by atoms with Gasteiger partial charge >= 0.3 is 0 Å². The van der Waals surface area contributed by atoms with E-state index in [1.807, 2.05) is 24.3 Å². The summed E-state index contributed by atoms with van der Waals surface area (Å²) in [5, 5.41) is 5.06. The van der Waals surface area contributed by atoms with E-state index in [0.717, 1.165) is 30.2 Å². The van der Waals surface area contributed by atoms with E-state index in [9.17, 15) is 4.79 Å². The van der Waals surface area contributed by atoms with Gasteiger partial charge in [0.25, 0.3) is 5.91 Å². The summed E-state index contributed by atoms with van der Waals surface area (Å²) in [6.07, 6.45) is 4.38. The number of fused-ring (bicyclic) bond motifs is 3. The molecular weight excluding hydrogens is 386 g/mol. The molecule has 0 aliphatic carbocycles. The molecule has 2 fully saturated rings. The van der Waals surface area contributed by atoms with Crippen molar-refractivity contribution in [3.8, 4) is 5.75 Å². The van der Waals surface area contributed by atoms with Gasteiger partial charge in [0.1, 0.15) is 5.75 Å². The number of nitrogens with two attached hydrogens (primary N) is 1. The molecule has 31 heavy (non-hydrogen) atoms. The second-order valence-corrected chi connectivity index (χ2v) is 8.78. The highest BCUT2D eigenvalue weighted by atomic mass is 16.5. The summed E-state index contributed by atoms with van der Waals surface area (Å²) < 4.78 is 5.64. The molecule has 2 aliphatic rings. The number of anilines is 1. The lowest BCUT2D eigenvalue weighted by atomic mass is 9.95. The van der Waals surface area contributed by atoms with Crippen LogP contribution in [0.1, 0.15) is 41.6 Å². The summed E-state index contributed by atoms with van der Waals surface area (Å²) in [6.45, 7) is 0.992. The summed E-state index contributed by atoms with van der Waals surface area (Å²) in [6, 6.07) is 21.4. The highest BCUT2D eigenvalue weighted by Crippen LogP contribution is 2.38. The third kappa shape index (κ3) is 3.74. The first-order valence-corrected chi connectivity index (χ1v) is 11.1. The standard InChI is InChI=1S/C26H29N3O2/c1-31-25-22-10-6-5-9-21(22)24(27)15-23(25)26(30)28-18-13-19-11-12-20(14-18)29(19)16-17-7-3-2-4-8-17/h2-10,15,18-20H,11-14,16,27H2,1H3,(H,28,30)/t18-,19-,20+. The van der Waals surface area contributed by atoms with E-state index in [1.165, 1.54) is 18.4 Å². The van der Waals surface area contributed by atoms with E-state index >= 15 is 0 Å². The summed E-state index contributed by atoms with van der Waals surface area (Å²) in [4.78, 5) is 15.9. The number of nitrogens with one attached hydrogen (secondary N) is 1. The fourth-order valence-corrected chi connectivity index (χ4v) is 5.47. The topological polar surface area (TPSA) is 67.6 Å². The minimum atomic E-state index is -0.102. The number of carbonyl (C=O) groups is 1. The van der Waals surface area contributed by atoms with Gasteiger partial charge < -0.3 is 15.8 Å². The monoisotopic (exact) mass is 415 g/mol. The SMILES string of the molecule is COc1c(C(=O)N[C@@H]2C[C@H]3CC[C@@H](C2)N3Cc2ccccc2)cc(N)c2ccccc12. The molecule has 5 rings (SSSR count). The van der Waals surface area contributed by atoms with Gasteiger partial charge in [-0.25, -0.2) is 0 Å². The van der Waals surface area contributed by atoms with Gasteiger partial charge in [-0.05, 0) is 37.3 Å². The van der Waals surface area contributed by atoms with Crippen molar-refractivity contribution in [1.29, 1.82) is 0 Å². The number of amides is 1. The van der Waals surface area contributed by atoms with Crippen LogP contribution in [0.5, 0.6) is 5.75 Å². The van der Waals surface area contributed by atoms with Crippen molar-refractivity contribution in [2.24, 2.45) is 0 Å². The van der Waals surface area contributed by atoms with Crippen LogP contribution >= 0.6 is 0 Å². The van der Waals surface area contributed by atoms with Gasteiger partial charge in [-0.15, -0.1) is 0 Å². The maximum atomic E-state index is 13.2. The Morgan fingerprint density at radius 1 is 1.03 bits per heavy atom. The number of rotatable bonds is 5. The zero-order chi connectivity index (χ0) is 21.4. The van der Waals surface area contributed by atoms with Crippen molar-refractivity contribution in [2.75, 3.05) is 12.8 Å². The van der Waals surface area contributed by atoms with Gasteiger partial charge in [-0.3, -0.25) is 9.69 Å². The first kappa shape index (κ1) is 19.9. The van der Waals surface area contributed by atoms with Gasteiger partial charge in [-0.2, -0.15) is 0 Å². The Morgan fingerprint density at radius 3 is 2.35 bits per heavy atom. The molecule has 5 nitrogen and oxygen atoms in total. The van der Waals surface area contributed by atoms with Crippen LogP contribution < -0.4 is 15.8 Å². The Kier molecular flexibility index (Phi) is 5.28. The molecule has 1 amide bonds. The van der Waals surface area contributed by atoms with Crippen LogP contribution in [-0.4, -0.2) is 36.0 Å². The van der Waals surface area contributed by atoms with Gasteiger partial charge in [0, 0.05) is 41.1 Å². The largest absolute Gasteiger partial charge is 0.495 e. The van der Waals surface area contributed by atoms with Crippen molar-refractivity contribution in [2.45, 2.75) is 50.4 Å². The number of hydrogen-bond acceptors (Lipinski definition) is 4.